The number of para-hydroxylation sites is 1. The second-order valence-corrected chi connectivity index (χ2v) is 4.43. The highest BCUT2D eigenvalue weighted by atomic mass is 16.4. The van der Waals surface area contributed by atoms with E-state index in [-0.39, 0.29) is 5.69 Å². The molecule has 0 saturated carbocycles. The number of anilines is 1. The first-order chi connectivity index (χ1) is 9.58. The molecule has 20 heavy (non-hydrogen) atoms. The van der Waals surface area contributed by atoms with Gasteiger partial charge < -0.3 is 10.0 Å². The quantitative estimate of drug-likeness (QED) is 0.904. The zero-order valence-electron chi connectivity index (χ0n) is 11.9. The summed E-state index contributed by atoms with van der Waals surface area (Å²) in [6, 6.07) is 7.61. The molecule has 0 amide bonds. The molecule has 0 radical (unpaired) electrons. The van der Waals surface area contributed by atoms with Crippen LogP contribution in [0.2, 0.25) is 0 Å². The SMILES string of the molecule is CCN(CC)c1nn(-c2ccccc2C)nc1C(=O)O. The molecule has 0 fully saturated rings. The zero-order chi connectivity index (χ0) is 14.7. The Morgan fingerprint density at radius 2 is 1.90 bits per heavy atom. The van der Waals surface area contributed by atoms with E-state index in [9.17, 15) is 9.90 Å². The molecule has 0 aliphatic heterocycles. The molecule has 0 aliphatic carbocycles. The van der Waals surface area contributed by atoms with Gasteiger partial charge in [-0.25, -0.2) is 4.79 Å². The highest BCUT2D eigenvalue weighted by molar-refractivity contribution is 5.91. The molecule has 0 aliphatic rings. The van der Waals surface area contributed by atoms with Crippen LogP contribution in [0.1, 0.15) is 29.9 Å². The first-order valence-corrected chi connectivity index (χ1v) is 6.60. The molecule has 0 saturated heterocycles. The molecule has 1 heterocycles. The van der Waals surface area contributed by atoms with E-state index >= 15 is 0 Å². The van der Waals surface area contributed by atoms with Crippen molar-refractivity contribution in [2.45, 2.75) is 20.8 Å². The molecule has 1 aromatic heterocycles. The lowest BCUT2D eigenvalue weighted by molar-refractivity contribution is 0.0690. The van der Waals surface area contributed by atoms with Crippen molar-refractivity contribution in [2.75, 3.05) is 18.0 Å². The predicted molar refractivity (Wildman–Crippen MR) is 76.6 cm³/mol. The number of aromatic carboxylic acids is 1. The number of hydrogen-bond acceptors (Lipinski definition) is 4. The molecule has 1 N–H and O–H groups in total. The number of benzene rings is 1. The average molecular weight is 274 g/mol. The predicted octanol–water partition coefficient (Wildman–Crippen LogP) is 2.12. The number of hydrogen-bond donors (Lipinski definition) is 1. The molecule has 0 unspecified atom stereocenters. The molecule has 0 atom stereocenters. The summed E-state index contributed by atoms with van der Waals surface area (Å²) in [5.41, 5.74) is 1.76. The van der Waals surface area contributed by atoms with Gasteiger partial charge in [-0.3, -0.25) is 0 Å². The van der Waals surface area contributed by atoms with Crippen molar-refractivity contribution in [3.05, 3.63) is 35.5 Å². The smallest absolute Gasteiger partial charge is 0.360 e. The average Bonchev–Trinajstić information content (AvgIpc) is 2.86. The van der Waals surface area contributed by atoms with E-state index in [0.717, 1.165) is 11.3 Å². The van der Waals surface area contributed by atoms with Gasteiger partial charge in [0.2, 0.25) is 5.69 Å². The summed E-state index contributed by atoms with van der Waals surface area (Å²) in [5.74, 6) is -0.655. The maximum atomic E-state index is 11.3. The lowest BCUT2D eigenvalue weighted by Crippen LogP contribution is -2.24. The Morgan fingerprint density at radius 3 is 2.45 bits per heavy atom. The number of carboxylic acid groups (broad SMARTS) is 1. The second-order valence-electron chi connectivity index (χ2n) is 4.43. The Bertz CT molecular complexity index is 617. The first-order valence-electron chi connectivity index (χ1n) is 6.60. The van der Waals surface area contributed by atoms with Crippen LogP contribution in [-0.2, 0) is 0 Å². The number of carboxylic acids is 1. The van der Waals surface area contributed by atoms with Crippen LogP contribution >= 0.6 is 0 Å². The van der Waals surface area contributed by atoms with Crippen LogP contribution in [0.5, 0.6) is 0 Å². The van der Waals surface area contributed by atoms with Gasteiger partial charge in [0, 0.05) is 13.1 Å². The minimum atomic E-state index is -1.06. The molecule has 6 heteroatoms. The van der Waals surface area contributed by atoms with E-state index in [1.165, 1.54) is 4.80 Å². The van der Waals surface area contributed by atoms with Crippen LogP contribution in [0.15, 0.2) is 24.3 Å². The maximum Gasteiger partial charge on any atom is 0.360 e. The zero-order valence-corrected chi connectivity index (χ0v) is 11.9. The Balaban J connectivity index is 2.55. The van der Waals surface area contributed by atoms with Crippen molar-refractivity contribution in [3.63, 3.8) is 0 Å². The van der Waals surface area contributed by atoms with Crippen LogP contribution in [0.4, 0.5) is 5.82 Å². The van der Waals surface area contributed by atoms with Crippen LogP contribution in [0.3, 0.4) is 0 Å². The first kappa shape index (κ1) is 14.0. The summed E-state index contributed by atoms with van der Waals surface area (Å²) < 4.78 is 0. The van der Waals surface area contributed by atoms with Crippen LogP contribution in [0, 0.1) is 6.92 Å². The molecule has 1 aromatic carbocycles. The number of carbonyl (C=O) groups is 1. The van der Waals surface area contributed by atoms with Gasteiger partial charge in [0.15, 0.2) is 5.82 Å². The largest absolute Gasteiger partial charge is 0.476 e. The number of aryl methyl sites for hydroxylation is 1. The van der Waals surface area contributed by atoms with Crippen molar-refractivity contribution in [2.24, 2.45) is 0 Å². The molecule has 2 rings (SSSR count). The third-order valence-electron chi connectivity index (χ3n) is 3.19. The monoisotopic (exact) mass is 274 g/mol. The lowest BCUT2D eigenvalue weighted by Gasteiger charge is -2.17. The van der Waals surface area contributed by atoms with Crippen LogP contribution in [0.25, 0.3) is 5.69 Å². The standard InChI is InChI=1S/C14H18N4O2/c1-4-17(5-2)13-12(14(19)20)15-18(16-13)11-9-7-6-8-10(11)3/h6-9H,4-5H2,1-3H3,(H,19,20). The van der Waals surface area contributed by atoms with Crippen molar-refractivity contribution < 1.29 is 9.90 Å². The van der Waals surface area contributed by atoms with E-state index in [0.29, 0.717) is 18.9 Å². The highest BCUT2D eigenvalue weighted by Gasteiger charge is 2.22. The van der Waals surface area contributed by atoms with Crippen molar-refractivity contribution in [3.8, 4) is 5.69 Å². The van der Waals surface area contributed by atoms with Crippen molar-refractivity contribution in [1.29, 1.82) is 0 Å². The third kappa shape index (κ3) is 2.49. The second kappa shape index (κ2) is 5.73. The summed E-state index contributed by atoms with van der Waals surface area (Å²) in [4.78, 5) is 14.6. The highest BCUT2D eigenvalue weighted by Crippen LogP contribution is 2.19. The van der Waals surface area contributed by atoms with E-state index in [1.807, 2.05) is 49.9 Å². The van der Waals surface area contributed by atoms with Crippen molar-refractivity contribution >= 4 is 11.8 Å². The van der Waals surface area contributed by atoms with Gasteiger partial charge in [0.1, 0.15) is 0 Å². The Labute approximate surface area is 117 Å². The van der Waals surface area contributed by atoms with Crippen molar-refractivity contribution in [1.82, 2.24) is 15.0 Å². The number of rotatable bonds is 5. The fourth-order valence-electron chi connectivity index (χ4n) is 2.07. The molecule has 2 aromatic rings. The number of aromatic nitrogens is 3. The fourth-order valence-corrected chi connectivity index (χ4v) is 2.07. The summed E-state index contributed by atoms with van der Waals surface area (Å²) >= 11 is 0. The van der Waals surface area contributed by atoms with Gasteiger partial charge in [0.25, 0.3) is 0 Å². The van der Waals surface area contributed by atoms with Gasteiger partial charge in [0.05, 0.1) is 5.69 Å². The van der Waals surface area contributed by atoms with Gasteiger partial charge in [-0.15, -0.1) is 15.0 Å². The van der Waals surface area contributed by atoms with E-state index < -0.39 is 5.97 Å². The summed E-state index contributed by atoms with van der Waals surface area (Å²) in [5, 5.41) is 17.8. The van der Waals surface area contributed by atoms with Crippen LogP contribution in [-0.4, -0.2) is 39.2 Å². The fraction of sp³-hybridized carbons (Fsp3) is 0.357. The van der Waals surface area contributed by atoms with Crippen LogP contribution < -0.4 is 4.90 Å². The topological polar surface area (TPSA) is 71.2 Å². The molecule has 0 spiro atoms. The molecule has 0 bridgehead atoms. The minimum absolute atomic E-state index is 0.0167. The molecular formula is C14H18N4O2. The minimum Gasteiger partial charge on any atom is -0.476 e. The van der Waals surface area contributed by atoms with Gasteiger partial charge in [-0.1, -0.05) is 18.2 Å². The molecule has 6 nitrogen and oxygen atoms in total. The maximum absolute atomic E-state index is 11.3. The number of nitrogens with zero attached hydrogens (tertiary/aromatic N) is 4. The normalized spacial score (nSPS) is 10.6. The van der Waals surface area contributed by atoms with Gasteiger partial charge in [-0.2, -0.15) is 0 Å². The van der Waals surface area contributed by atoms with E-state index in [1.54, 1.807) is 0 Å². The molecular weight excluding hydrogens is 256 g/mol. The molecule has 106 valence electrons. The lowest BCUT2D eigenvalue weighted by atomic mass is 10.2. The van der Waals surface area contributed by atoms with Gasteiger partial charge >= 0.3 is 5.97 Å². The van der Waals surface area contributed by atoms with Gasteiger partial charge in [-0.05, 0) is 32.4 Å². The third-order valence-corrected chi connectivity index (χ3v) is 3.19. The van der Waals surface area contributed by atoms with E-state index in [4.69, 9.17) is 0 Å². The van der Waals surface area contributed by atoms with E-state index in [2.05, 4.69) is 10.2 Å². The Hall–Kier alpha value is -2.37. The summed E-state index contributed by atoms with van der Waals surface area (Å²) in [6.07, 6.45) is 0. The summed E-state index contributed by atoms with van der Waals surface area (Å²) in [7, 11) is 0. The Kier molecular flexibility index (Phi) is 4.02. The Morgan fingerprint density at radius 1 is 1.25 bits per heavy atom. The summed E-state index contributed by atoms with van der Waals surface area (Å²) in [6.45, 7) is 7.23.